The van der Waals surface area contributed by atoms with Gasteiger partial charge >= 0.3 is 0 Å². The Morgan fingerprint density at radius 2 is 1.94 bits per heavy atom. The van der Waals surface area contributed by atoms with Crippen molar-refractivity contribution in [3.8, 4) is 11.3 Å². The summed E-state index contributed by atoms with van der Waals surface area (Å²) < 4.78 is 25.9. The van der Waals surface area contributed by atoms with E-state index in [1.165, 1.54) is 12.5 Å². The Bertz CT molecular complexity index is 1170. The number of anilines is 1. The van der Waals surface area contributed by atoms with Crippen molar-refractivity contribution in [2.75, 3.05) is 31.3 Å². The molecule has 0 spiro atoms. The number of halogens is 1. The molecule has 3 aliphatic rings. The lowest BCUT2D eigenvalue weighted by Crippen LogP contribution is -2.39. The maximum absolute atomic E-state index is 14.9. The van der Waals surface area contributed by atoms with Gasteiger partial charge in [-0.2, -0.15) is 0 Å². The number of carbonyl (C=O) groups is 1. The lowest BCUT2D eigenvalue weighted by Gasteiger charge is -2.30. The third kappa shape index (κ3) is 4.88. The molecule has 184 valence electrons. The van der Waals surface area contributed by atoms with Gasteiger partial charge in [-0.15, -0.1) is 0 Å². The lowest BCUT2D eigenvalue weighted by atomic mass is 10.0. The molecule has 0 atom stereocenters. The molecule has 0 N–H and O–H groups in total. The molecule has 1 amide bonds. The largest absolute Gasteiger partial charge is 0.458 e. The zero-order chi connectivity index (χ0) is 24.4. The van der Waals surface area contributed by atoms with Crippen LogP contribution < -0.4 is 4.90 Å². The number of aromatic nitrogens is 2. The van der Waals surface area contributed by atoms with E-state index in [1.807, 2.05) is 19.9 Å². The van der Waals surface area contributed by atoms with Crippen molar-refractivity contribution in [1.29, 1.82) is 0 Å². The minimum absolute atomic E-state index is 0.0743. The van der Waals surface area contributed by atoms with Crippen LogP contribution in [-0.4, -0.2) is 53.2 Å². The van der Waals surface area contributed by atoms with Gasteiger partial charge in [0.15, 0.2) is 5.76 Å². The highest BCUT2D eigenvalue weighted by molar-refractivity contribution is 6.00. The molecule has 1 saturated heterocycles. The van der Waals surface area contributed by atoms with Crippen LogP contribution in [0.25, 0.3) is 11.3 Å². The molecule has 2 aromatic rings. The Kier molecular flexibility index (Phi) is 6.70. The molecule has 1 fully saturated rings. The topological polar surface area (TPSA) is 67.8 Å². The molecule has 5 rings (SSSR count). The van der Waals surface area contributed by atoms with E-state index in [0.717, 1.165) is 55.9 Å². The second-order valence-corrected chi connectivity index (χ2v) is 9.48. The third-order valence-electron chi connectivity index (χ3n) is 6.76. The van der Waals surface area contributed by atoms with E-state index in [0.29, 0.717) is 29.3 Å². The molecule has 8 heteroatoms. The third-order valence-corrected chi connectivity index (χ3v) is 6.76. The highest BCUT2D eigenvalue weighted by atomic mass is 19.1. The van der Waals surface area contributed by atoms with Crippen LogP contribution in [0.5, 0.6) is 0 Å². The molecule has 0 radical (unpaired) electrons. The number of hydrogen-bond donors (Lipinski definition) is 0. The van der Waals surface area contributed by atoms with Gasteiger partial charge in [0.2, 0.25) is 12.7 Å². The Balaban J connectivity index is 1.50. The van der Waals surface area contributed by atoms with Crippen LogP contribution in [0.4, 0.5) is 10.3 Å². The van der Waals surface area contributed by atoms with E-state index in [-0.39, 0.29) is 18.7 Å². The number of carbonyl (C=O) groups excluding carboxylic acids is 1. The van der Waals surface area contributed by atoms with Crippen LogP contribution in [-0.2, 0) is 9.47 Å². The van der Waals surface area contributed by atoms with Crippen molar-refractivity contribution in [2.45, 2.75) is 52.0 Å². The molecule has 1 aromatic carbocycles. The highest BCUT2D eigenvalue weighted by Crippen LogP contribution is 2.32. The SMILES string of the molecule is CC(C)N(CC1=CC2=C(CC1)OCO2)C(=O)c1cnc(N2CCCCC2)nc1-c1ccccc1F. The van der Waals surface area contributed by atoms with E-state index in [1.54, 1.807) is 29.3 Å². The van der Waals surface area contributed by atoms with Crippen molar-refractivity contribution < 1.29 is 18.7 Å². The van der Waals surface area contributed by atoms with Crippen molar-refractivity contribution in [3.63, 3.8) is 0 Å². The molecule has 35 heavy (non-hydrogen) atoms. The molecule has 0 saturated carbocycles. The molecule has 0 unspecified atom stereocenters. The van der Waals surface area contributed by atoms with Gasteiger partial charge in [0.1, 0.15) is 11.6 Å². The minimum atomic E-state index is -0.409. The molecule has 3 heterocycles. The van der Waals surface area contributed by atoms with Crippen LogP contribution in [0, 0.1) is 5.82 Å². The number of benzene rings is 1. The summed E-state index contributed by atoms with van der Waals surface area (Å²) in [6.07, 6.45) is 8.42. The van der Waals surface area contributed by atoms with E-state index >= 15 is 0 Å². The Morgan fingerprint density at radius 1 is 1.14 bits per heavy atom. The molecular weight excluding hydrogens is 447 g/mol. The normalized spacial score (nSPS) is 17.6. The fourth-order valence-corrected chi connectivity index (χ4v) is 4.79. The number of ether oxygens (including phenoxy) is 2. The first-order chi connectivity index (χ1) is 17.0. The summed E-state index contributed by atoms with van der Waals surface area (Å²) in [5.41, 5.74) is 2.05. The zero-order valence-corrected chi connectivity index (χ0v) is 20.3. The summed E-state index contributed by atoms with van der Waals surface area (Å²) in [6.45, 7) is 6.37. The number of rotatable bonds is 6. The second-order valence-electron chi connectivity index (χ2n) is 9.48. The standard InChI is InChI=1S/C27H31FN4O3/c1-18(2)32(16-19-10-11-23-24(14-19)35-17-34-23)26(33)21-15-29-27(31-12-6-3-7-13-31)30-25(21)20-8-4-5-9-22(20)28/h4-5,8-9,14-15,18H,3,6-7,10-13,16-17H2,1-2H3. The number of hydrogen-bond acceptors (Lipinski definition) is 6. The summed E-state index contributed by atoms with van der Waals surface area (Å²) >= 11 is 0. The van der Waals surface area contributed by atoms with Crippen LogP contribution in [0.2, 0.25) is 0 Å². The van der Waals surface area contributed by atoms with Gasteiger partial charge in [-0.05, 0) is 63.3 Å². The number of allylic oxidation sites excluding steroid dienone is 2. The fourth-order valence-electron chi connectivity index (χ4n) is 4.79. The minimum Gasteiger partial charge on any atom is -0.458 e. The van der Waals surface area contributed by atoms with Gasteiger partial charge in [0.05, 0.1) is 11.3 Å². The monoisotopic (exact) mass is 478 g/mol. The smallest absolute Gasteiger partial charge is 0.258 e. The number of piperidine rings is 1. The Hall–Kier alpha value is -3.42. The molecule has 1 aliphatic carbocycles. The fraction of sp³-hybridized carbons (Fsp3) is 0.444. The first-order valence-electron chi connectivity index (χ1n) is 12.4. The Labute approximate surface area is 205 Å². The first-order valence-corrected chi connectivity index (χ1v) is 12.4. The second kappa shape index (κ2) is 10.1. The molecular formula is C27H31FN4O3. The van der Waals surface area contributed by atoms with E-state index in [4.69, 9.17) is 14.5 Å². The predicted octanol–water partition coefficient (Wildman–Crippen LogP) is 5.06. The zero-order valence-electron chi connectivity index (χ0n) is 20.3. The van der Waals surface area contributed by atoms with Gasteiger partial charge in [0.25, 0.3) is 5.91 Å². The predicted molar refractivity (Wildman–Crippen MR) is 131 cm³/mol. The number of nitrogens with zero attached hydrogens (tertiary/aromatic N) is 4. The van der Waals surface area contributed by atoms with Crippen molar-refractivity contribution >= 4 is 11.9 Å². The quantitative estimate of drug-likeness (QED) is 0.578. The molecule has 0 bridgehead atoms. The maximum Gasteiger partial charge on any atom is 0.258 e. The molecule has 1 aromatic heterocycles. The van der Waals surface area contributed by atoms with Gasteiger partial charge < -0.3 is 19.3 Å². The molecule has 2 aliphatic heterocycles. The van der Waals surface area contributed by atoms with Gasteiger partial charge in [-0.25, -0.2) is 14.4 Å². The van der Waals surface area contributed by atoms with Gasteiger partial charge in [-0.1, -0.05) is 12.1 Å². The van der Waals surface area contributed by atoms with E-state index in [2.05, 4.69) is 9.88 Å². The molecule has 7 nitrogen and oxygen atoms in total. The van der Waals surface area contributed by atoms with E-state index < -0.39 is 5.82 Å². The Morgan fingerprint density at radius 3 is 2.71 bits per heavy atom. The summed E-state index contributed by atoms with van der Waals surface area (Å²) in [5, 5.41) is 0. The van der Waals surface area contributed by atoms with E-state index in [9.17, 15) is 9.18 Å². The van der Waals surface area contributed by atoms with Crippen LogP contribution in [0.15, 0.2) is 53.6 Å². The van der Waals surface area contributed by atoms with Crippen molar-refractivity contribution in [3.05, 3.63) is 65.0 Å². The van der Waals surface area contributed by atoms with Gasteiger partial charge in [-0.3, -0.25) is 4.79 Å². The van der Waals surface area contributed by atoms with Crippen LogP contribution >= 0.6 is 0 Å². The summed E-state index contributed by atoms with van der Waals surface area (Å²) in [6, 6.07) is 6.39. The summed E-state index contributed by atoms with van der Waals surface area (Å²) in [4.78, 5) is 27.1. The summed E-state index contributed by atoms with van der Waals surface area (Å²) in [5.74, 6) is 1.55. The van der Waals surface area contributed by atoms with Gasteiger partial charge in [0, 0.05) is 43.9 Å². The van der Waals surface area contributed by atoms with Crippen molar-refractivity contribution in [1.82, 2.24) is 14.9 Å². The average Bonchev–Trinajstić information content (AvgIpc) is 3.35. The average molecular weight is 479 g/mol. The van der Waals surface area contributed by atoms with Crippen molar-refractivity contribution in [2.24, 2.45) is 0 Å². The van der Waals surface area contributed by atoms with Crippen LogP contribution in [0.1, 0.15) is 56.3 Å². The first kappa shape index (κ1) is 23.3. The highest BCUT2D eigenvalue weighted by Gasteiger charge is 2.28. The maximum atomic E-state index is 14.9. The van der Waals surface area contributed by atoms with Crippen LogP contribution in [0.3, 0.4) is 0 Å². The number of amides is 1. The summed E-state index contributed by atoms with van der Waals surface area (Å²) in [7, 11) is 0. The lowest BCUT2D eigenvalue weighted by molar-refractivity contribution is 0.0721.